The topological polar surface area (TPSA) is 0 Å². The lowest BCUT2D eigenvalue weighted by Gasteiger charge is -2.39. The normalized spacial score (nSPS) is 53.5. The Kier molecular flexibility index (Phi) is 1.16. The minimum atomic E-state index is 0.597. The molecule has 0 atom stereocenters. The Hall–Kier alpha value is 0. The Labute approximate surface area is 70.4 Å². The second kappa shape index (κ2) is 1.67. The number of hydrogen-bond acceptors (Lipinski definition) is 0. The van der Waals surface area contributed by atoms with Crippen molar-refractivity contribution in [3.8, 4) is 0 Å². The van der Waals surface area contributed by atoms with Crippen LogP contribution >= 0.6 is 0 Å². The number of hydrogen-bond donors (Lipinski definition) is 0. The molecule has 2 bridgehead atoms. The van der Waals surface area contributed by atoms with Crippen molar-refractivity contribution in [1.29, 1.82) is 0 Å². The second-order valence-electron chi connectivity index (χ2n) is 5.75. The summed E-state index contributed by atoms with van der Waals surface area (Å²) in [7, 11) is 0. The molecule has 2 saturated carbocycles. The lowest BCUT2D eigenvalue weighted by atomic mass is 9.66. The summed E-state index contributed by atoms with van der Waals surface area (Å²) in [5, 5.41) is 0. The maximum atomic E-state index is 2.49. The molecule has 0 heteroatoms. The van der Waals surface area contributed by atoms with Gasteiger partial charge in [-0.25, -0.2) is 0 Å². The highest BCUT2D eigenvalue weighted by molar-refractivity contribution is 5.12. The average Bonchev–Trinajstić information content (AvgIpc) is 2.19. The van der Waals surface area contributed by atoms with Gasteiger partial charge in [-0.05, 0) is 41.9 Å². The molecule has 0 aliphatic heterocycles. The Morgan fingerprint density at radius 2 is 0.909 bits per heavy atom. The van der Waals surface area contributed by atoms with Crippen LogP contribution < -0.4 is 0 Å². The third-order valence-electron chi connectivity index (χ3n) is 5.47. The van der Waals surface area contributed by atoms with Gasteiger partial charge in [0.15, 0.2) is 0 Å². The van der Waals surface area contributed by atoms with Crippen molar-refractivity contribution in [1.82, 2.24) is 0 Å². The number of rotatable bonds is 0. The maximum Gasteiger partial charge on any atom is -0.0246 e. The van der Waals surface area contributed by atoms with E-state index in [1.54, 1.807) is 0 Å². The molecular formula is C11H20. The van der Waals surface area contributed by atoms with Crippen LogP contribution in [0, 0.1) is 16.2 Å². The zero-order chi connectivity index (χ0) is 8.33. The van der Waals surface area contributed by atoms with Gasteiger partial charge in [0.2, 0.25) is 0 Å². The summed E-state index contributed by atoms with van der Waals surface area (Å²) in [5.74, 6) is 0. The van der Waals surface area contributed by atoms with Gasteiger partial charge in [0.25, 0.3) is 0 Å². The van der Waals surface area contributed by atoms with E-state index in [4.69, 9.17) is 0 Å². The van der Waals surface area contributed by atoms with Gasteiger partial charge in [-0.3, -0.25) is 0 Å². The predicted octanol–water partition coefficient (Wildman–Crippen LogP) is 3.61. The quantitative estimate of drug-likeness (QED) is 0.497. The molecule has 0 nitrogen and oxygen atoms in total. The Morgan fingerprint density at radius 3 is 1.00 bits per heavy atom. The first-order chi connectivity index (χ1) is 4.91. The fraction of sp³-hybridized carbons (Fsp3) is 1.00. The van der Waals surface area contributed by atoms with Crippen molar-refractivity contribution in [3.63, 3.8) is 0 Å². The first kappa shape index (κ1) is 7.64. The lowest BCUT2D eigenvalue weighted by molar-refractivity contribution is 0.1000. The first-order valence-electron chi connectivity index (χ1n) is 4.91. The van der Waals surface area contributed by atoms with E-state index in [2.05, 4.69) is 27.7 Å². The van der Waals surface area contributed by atoms with Crippen molar-refractivity contribution < 1.29 is 0 Å². The van der Waals surface area contributed by atoms with Gasteiger partial charge in [-0.2, -0.15) is 0 Å². The van der Waals surface area contributed by atoms with Crippen LogP contribution in [0.3, 0.4) is 0 Å². The van der Waals surface area contributed by atoms with E-state index >= 15 is 0 Å². The van der Waals surface area contributed by atoms with Gasteiger partial charge in [-0.1, -0.05) is 27.7 Å². The molecule has 0 aromatic heterocycles. The van der Waals surface area contributed by atoms with E-state index in [1.165, 1.54) is 25.7 Å². The molecule has 0 amide bonds. The molecule has 0 unspecified atom stereocenters. The smallest absolute Gasteiger partial charge is 0.0246 e. The van der Waals surface area contributed by atoms with Crippen molar-refractivity contribution in [3.05, 3.63) is 0 Å². The molecular weight excluding hydrogens is 132 g/mol. The standard InChI is InChI=1S/C11H20/c1-9(2)10(3)5-7-11(9,4)8-6-10/h5-8H2,1-4H3. The van der Waals surface area contributed by atoms with Crippen LogP contribution in [-0.4, -0.2) is 0 Å². The molecule has 0 spiro atoms. The molecule has 2 aliphatic carbocycles. The lowest BCUT2D eigenvalue weighted by Crippen LogP contribution is -2.31. The highest BCUT2D eigenvalue weighted by Gasteiger charge is 2.62. The minimum absolute atomic E-state index is 0.597. The molecule has 2 rings (SSSR count). The van der Waals surface area contributed by atoms with Crippen molar-refractivity contribution in [2.45, 2.75) is 53.4 Å². The molecule has 0 heterocycles. The zero-order valence-corrected chi connectivity index (χ0v) is 8.33. The molecule has 0 N–H and O–H groups in total. The van der Waals surface area contributed by atoms with Crippen LogP contribution in [0.15, 0.2) is 0 Å². The van der Waals surface area contributed by atoms with E-state index in [1.807, 2.05) is 0 Å². The van der Waals surface area contributed by atoms with E-state index in [0.29, 0.717) is 16.2 Å². The fourth-order valence-corrected chi connectivity index (χ4v) is 3.33. The van der Waals surface area contributed by atoms with E-state index in [-0.39, 0.29) is 0 Å². The highest BCUT2D eigenvalue weighted by Crippen LogP contribution is 2.71. The van der Waals surface area contributed by atoms with Crippen molar-refractivity contribution >= 4 is 0 Å². The van der Waals surface area contributed by atoms with Gasteiger partial charge in [0.05, 0.1) is 0 Å². The van der Waals surface area contributed by atoms with Crippen LogP contribution in [0.25, 0.3) is 0 Å². The van der Waals surface area contributed by atoms with Crippen LogP contribution in [-0.2, 0) is 0 Å². The molecule has 2 fully saturated rings. The third-order valence-corrected chi connectivity index (χ3v) is 5.47. The molecule has 0 aromatic rings. The molecule has 64 valence electrons. The maximum absolute atomic E-state index is 2.49. The molecule has 11 heavy (non-hydrogen) atoms. The van der Waals surface area contributed by atoms with E-state index < -0.39 is 0 Å². The summed E-state index contributed by atoms with van der Waals surface area (Å²) < 4.78 is 0. The number of fused-ring (bicyclic) bond motifs is 2. The van der Waals surface area contributed by atoms with E-state index in [0.717, 1.165) is 0 Å². The van der Waals surface area contributed by atoms with Crippen LogP contribution in [0.4, 0.5) is 0 Å². The second-order valence-corrected chi connectivity index (χ2v) is 5.75. The monoisotopic (exact) mass is 152 g/mol. The summed E-state index contributed by atoms with van der Waals surface area (Å²) in [6.45, 7) is 9.94. The Balaban J connectivity index is 2.46. The van der Waals surface area contributed by atoms with Crippen LogP contribution in [0.5, 0.6) is 0 Å². The van der Waals surface area contributed by atoms with Gasteiger partial charge in [0.1, 0.15) is 0 Å². The van der Waals surface area contributed by atoms with Crippen LogP contribution in [0.1, 0.15) is 53.4 Å². The summed E-state index contributed by atoms with van der Waals surface area (Å²) in [6, 6.07) is 0. The predicted molar refractivity (Wildman–Crippen MR) is 48.5 cm³/mol. The summed E-state index contributed by atoms with van der Waals surface area (Å²) in [4.78, 5) is 0. The van der Waals surface area contributed by atoms with Crippen molar-refractivity contribution in [2.24, 2.45) is 16.2 Å². The van der Waals surface area contributed by atoms with Gasteiger partial charge in [0, 0.05) is 0 Å². The zero-order valence-electron chi connectivity index (χ0n) is 8.33. The summed E-state index contributed by atoms with van der Waals surface area (Å²) in [6.07, 6.45) is 5.88. The van der Waals surface area contributed by atoms with Gasteiger partial charge >= 0.3 is 0 Å². The Morgan fingerprint density at radius 1 is 0.636 bits per heavy atom. The average molecular weight is 152 g/mol. The van der Waals surface area contributed by atoms with Gasteiger partial charge < -0.3 is 0 Å². The molecule has 2 aliphatic rings. The third kappa shape index (κ3) is 0.625. The van der Waals surface area contributed by atoms with E-state index in [9.17, 15) is 0 Å². The molecule has 0 saturated heterocycles. The van der Waals surface area contributed by atoms with Crippen molar-refractivity contribution in [2.75, 3.05) is 0 Å². The Bertz CT molecular complexity index is 160. The summed E-state index contributed by atoms with van der Waals surface area (Å²) in [5.41, 5.74) is 1.93. The SMILES string of the molecule is CC12CCC(C)(CC1)C2(C)C. The first-order valence-corrected chi connectivity index (χ1v) is 4.91. The largest absolute Gasteiger partial charge is 0.0591 e. The van der Waals surface area contributed by atoms with Gasteiger partial charge in [-0.15, -0.1) is 0 Å². The minimum Gasteiger partial charge on any atom is -0.0591 e. The highest BCUT2D eigenvalue weighted by atomic mass is 14.7. The molecule has 0 aromatic carbocycles. The van der Waals surface area contributed by atoms with Crippen LogP contribution in [0.2, 0.25) is 0 Å². The summed E-state index contributed by atoms with van der Waals surface area (Å²) >= 11 is 0. The molecule has 0 radical (unpaired) electrons. The fourth-order valence-electron chi connectivity index (χ4n) is 3.33.